The van der Waals surface area contributed by atoms with Crippen LogP contribution in [0.5, 0.6) is 5.75 Å². The van der Waals surface area contributed by atoms with Crippen LogP contribution >= 0.6 is 0 Å². The smallest absolute Gasteiger partial charge is 0.378 e. The molecule has 4 heterocycles. The van der Waals surface area contributed by atoms with Crippen molar-refractivity contribution in [3.8, 4) is 28.1 Å². The molecule has 37 heavy (non-hydrogen) atoms. The van der Waals surface area contributed by atoms with Crippen molar-refractivity contribution in [1.29, 1.82) is 0 Å². The summed E-state index contributed by atoms with van der Waals surface area (Å²) in [6.07, 6.45) is 6.72. The minimum absolute atomic E-state index is 0.0731. The monoisotopic (exact) mass is 503 g/mol. The Kier molecular flexibility index (Phi) is 6.74. The van der Waals surface area contributed by atoms with Gasteiger partial charge in [-0.25, -0.2) is 4.79 Å². The van der Waals surface area contributed by atoms with Crippen molar-refractivity contribution in [2.75, 3.05) is 26.8 Å². The summed E-state index contributed by atoms with van der Waals surface area (Å²) in [6.45, 7) is -0.696. The number of alkyl halides is 2. The van der Waals surface area contributed by atoms with Gasteiger partial charge in [0.1, 0.15) is 12.4 Å². The number of esters is 1. The van der Waals surface area contributed by atoms with Crippen LogP contribution < -0.4 is 10.1 Å². The molecule has 0 saturated carbocycles. The summed E-state index contributed by atoms with van der Waals surface area (Å²) in [5, 5.41) is 3.55. The predicted octanol–water partition coefficient (Wildman–Crippen LogP) is 4.62. The fourth-order valence-electron chi connectivity index (χ4n) is 4.13. The number of aromatic nitrogens is 4. The average Bonchev–Trinajstić information content (AvgIpc) is 3.31. The molecule has 10 heteroatoms. The lowest BCUT2D eigenvalue weighted by molar-refractivity contribution is -0.167. The van der Waals surface area contributed by atoms with Crippen molar-refractivity contribution in [2.45, 2.75) is 5.92 Å². The minimum Gasteiger partial charge on any atom is -0.490 e. The van der Waals surface area contributed by atoms with Gasteiger partial charge in [0.05, 0.1) is 42.1 Å². The Morgan fingerprint density at radius 3 is 2.78 bits per heavy atom. The molecule has 0 fully saturated rings. The molecule has 5 rings (SSSR count). The number of carbonyl (C=O) groups is 1. The quantitative estimate of drug-likeness (QED) is 0.224. The first-order chi connectivity index (χ1) is 18.0. The van der Waals surface area contributed by atoms with Crippen molar-refractivity contribution in [1.82, 2.24) is 25.3 Å². The molecule has 0 aliphatic carbocycles. The number of ether oxygens (including phenoxy) is 2. The van der Waals surface area contributed by atoms with Crippen molar-refractivity contribution < 1.29 is 23.0 Å². The number of fused-ring (bicyclic) bond motifs is 2. The number of benzene rings is 1. The van der Waals surface area contributed by atoms with Crippen molar-refractivity contribution >= 4 is 27.9 Å². The Labute approximate surface area is 210 Å². The van der Waals surface area contributed by atoms with Gasteiger partial charge in [-0.1, -0.05) is 18.2 Å². The average molecular weight is 504 g/mol. The molecular formula is C27H23F2N5O3. The van der Waals surface area contributed by atoms with Crippen LogP contribution in [0, 0.1) is 0 Å². The first-order valence-corrected chi connectivity index (χ1v) is 11.5. The number of halogens is 2. The van der Waals surface area contributed by atoms with Crippen LogP contribution in [0.25, 0.3) is 44.3 Å². The van der Waals surface area contributed by atoms with E-state index >= 15 is 0 Å². The standard InChI is InChI=1S/C27H23F2N5O3/c1-36-26(35)27(28,29)16-31-12-13-37-22-15-30-11-8-19(22)24-23(25-20(34-24)5-3-10-33-25)18-7-6-17-4-2-9-32-21(17)14-18/h2-11,14-15,31,34H,12-13,16H2,1H3. The van der Waals surface area contributed by atoms with Gasteiger partial charge >= 0.3 is 11.9 Å². The van der Waals surface area contributed by atoms with Gasteiger partial charge < -0.3 is 19.8 Å². The number of rotatable bonds is 9. The Bertz CT molecular complexity index is 1570. The van der Waals surface area contributed by atoms with Crippen LogP contribution in [-0.2, 0) is 9.53 Å². The highest BCUT2D eigenvalue weighted by molar-refractivity contribution is 6.03. The van der Waals surface area contributed by atoms with E-state index < -0.39 is 18.4 Å². The molecular weight excluding hydrogens is 480 g/mol. The van der Waals surface area contributed by atoms with Gasteiger partial charge in [-0.05, 0) is 35.9 Å². The summed E-state index contributed by atoms with van der Waals surface area (Å²) in [5.41, 5.74) is 5.84. The maximum atomic E-state index is 13.7. The first kappa shape index (κ1) is 24.3. The second-order valence-electron chi connectivity index (χ2n) is 8.28. The van der Waals surface area contributed by atoms with E-state index in [4.69, 9.17) is 4.74 Å². The van der Waals surface area contributed by atoms with Crippen LogP contribution in [-0.4, -0.2) is 58.6 Å². The van der Waals surface area contributed by atoms with Gasteiger partial charge in [-0.2, -0.15) is 8.78 Å². The van der Waals surface area contributed by atoms with Crippen molar-refractivity contribution in [2.24, 2.45) is 0 Å². The zero-order valence-corrected chi connectivity index (χ0v) is 19.9. The third-order valence-corrected chi connectivity index (χ3v) is 5.87. The number of H-pyrrole nitrogens is 1. The molecule has 0 amide bonds. The number of aromatic amines is 1. The molecule has 188 valence electrons. The highest BCUT2D eigenvalue weighted by Crippen LogP contribution is 2.41. The van der Waals surface area contributed by atoms with E-state index in [-0.39, 0.29) is 13.2 Å². The largest absolute Gasteiger partial charge is 0.490 e. The third-order valence-electron chi connectivity index (χ3n) is 5.87. The number of methoxy groups -OCH3 is 1. The molecule has 0 aliphatic rings. The molecule has 0 atom stereocenters. The number of pyridine rings is 3. The Morgan fingerprint density at radius 1 is 1.08 bits per heavy atom. The van der Waals surface area contributed by atoms with E-state index in [1.54, 1.807) is 24.8 Å². The van der Waals surface area contributed by atoms with Gasteiger partial charge in [0, 0.05) is 41.6 Å². The molecule has 0 radical (unpaired) electrons. The van der Waals surface area contributed by atoms with Crippen molar-refractivity contribution in [3.05, 3.63) is 73.3 Å². The Hall–Kier alpha value is -4.44. The lowest BCUT2D eigenvalue weighted by atomic mass is 9.99. The van der Waals surface area contributed by atoms with Crippen LogP contribution in [0.1, 0.15) is 0 Å². The van der Waals surface area contributed by atoms with Crippen LogP contribution in [0.2, 0.25) is 0 Å². The van der Waals surface area contributed by atoms with Gasteiger partial charge in [0.15, 0.2) is 0 Å². The lowest BCUT2D eigenvalue weighted by Crippen LogP contribution is -2.41. The fraction of sp³-hybridized carbons (Fsp3) is 0.185. The number of hydrogen-bond donors (Lipinski definition) is 2. The molecule has 1 aromatic carbocycles. The molecule has 0 aliphatic heterocycles. The first-order valence-electron chi connectivity index (χ1n) is 11.5. The molecule has 0 saturated heterocycles. The summed E-state index contributed by atoms with van der Waals surface area (Å²) < 4.78 is 37.3. The number of hydrogen-bond acceptors (Lipinski definition) is 7. The van der Waals surface area contributed by atoms with E-state index in [2.05, 4.69) is 30.0 Å². The molecule has 2 N–H and O–H groups in total. The van der Waals surface area contributed by atoms with Crippen LogP contribution in [0.3, 0.4) is 0 Å². The van der Waals surface area contributed by atoms with Gasteiger partial charge in [-0.3, -0.25) is 15.0 Å². The van der Waals surface area contributed by atoms with Crippen LogP contribution in [0.4, 0.5) is 8.78 Å². The van der Waals surface area contributed by atoms with E-state index in [1.807, 2.05) is 48.5 Å². The normalized spacial score (nSPS) is 11.6. The van der Waals surface area contributed by atoms with E-state index in [0.29, 0.717) is 5.75 Å². The van der Waals surface area contributed by atoms with Crippen molar-refractivity contribution in [3.63, 3.8) is 0 Å². The van der Waals surface area contributed by atoms with E-state index in [1.165, 1.54) is 0 Å². The molecule has 0 unspecified atom stereocenters. The zero-order valence-electron chi connectivity index (χ0n) is 19.9. The van der Waals surface area contributed by atoms with Gasteiger partial charge in [0.25, 0.3) is 0 Å². The van der Waals surface area contributed by atoms with E-state index in [9.17, 15) is 13.6 Å². The molecule has 4 aromatic heterocycles. The summed E-state index contributed by atoms with van der Waals surface area (Å²) >= 11 is 0. The van der Waals surface area contributed by atoms with Gasteiger partial charge in [0.2, 0.25) is 0 Å². The second kappa shape index (κ2) is 10.3. The molecule has 8 nitrogen and oxygen atoms in total. The minimum atomic E-state index is -3.62. The zero-order chi connectivity index (χ0) is 25.8. The van der Waals surface area contributed by atoms with E-state index in [0.717, 1.165) is 51.4 Å². The van der Waals surface area contributed by atoms with Gasteiger partial charge in [-0.15, -0.1) is 0 Å². The predicted molar refractivity (Wildman–Crippen MR) is 135 cm³/mol. The summed E-state index contributed by atoms with van der Waals surface area (Å²) in [7, 11) is 0.922. The summed E-state index contributed by atoms with van der Waals surface area (Å²) in [6, 6.07) is 15.6. The highest BCUT2D eigenvalue weighted by Gasteiger charge is 2.39. The second-order valence-corrected chi connectivity index (χ2v) is 8.28. The number of carbonyl (C=O) groups excluding carboxylic acids is 1. The lowest BCUT2D eigenvalue weighted by Gasteiger charge is -2.15. The Balaban J connectivity index is 1.45. The SMILES string of the molecule is COC(=O)C(F)(F)CNCCOc1cnccc1-c1[nH]c2cccnc2c1-c1ccc2cccnc2c1. The molecule has 0 bridgehead atoms. The number of nitrogens with zero attached hydrogens (tertiary/aromatic N) is 3. The molecule has 5 aromatic rings. The summed E-state index contributed by atoms with van der Waals surface area (Å²) in [4.78, 5) is 27.9. The third kappa shape index (κ3) is 4.96. The molecule has 0 spiro atoms. The summed E-state index contributed by atoms with van der Waals surface area (Å²) in [5.74, 6) is -4.73. The highest BCUT2D eigenvalue weighted by atomic mass is 19.3. The van der Waals surface area contributed by atoms with Crippen LogP contribution in [0.15, 0.2) is 73.3 Å². The number of nitrogens with one attached hydrogen (secondary N) is 2. The maximum Gasteiger partial charge on any atom is 0.378 e. The maximum absolute atomic E-state index is 13.7. The topological polar surface area (TPSA) is 102 Å². The fourth-order valence-corrected chi connectivity index (χ4v) is 4.13. The Morgan fingerprint density at radius 2 is 1.92 bits per heavy atom.